The predicted molar refractivity (Wildman–Crippen MR) is 94.1 cm³/mol. The Morgan fingerprint density at radius 3 is 2.77 bits per heavy atom. The van der Waals surface area contributed by atoms with Crippen LogP contribution in [0, 0.1) is 11.7 Å². The molecule has 0 aliphatic carbocycles. The lowest BCUT2D eigenvalue weighted by Crippen LogP contribution is -2.39. The van der Waals surface area contributed by atoms with Gasteiger partial charge in [0.15, 0.2) is 0 Å². The molecule has 0 radical (unpaired) electrons. The molecule has 7 nitrogen and oxygen atoms in total. The van der Waals surface area contributed by atoms with E-state index >= 15 is 0 Å². The number of hydrogen-bond donors (Lipinski definition) is 3. The molecule has 3 N–H and O–H groups in total. The number of aryl methyl sites for hydroxylation is 1. The van der Waals surface area contributed by atoms with Crippen LogP contribution < -0.4 is 16.0 Å². The highest BCUT2D eigenvalue weighted by Crippen LogP contribution is 2.27. The molecule has 2 aromatic rings. The summed E-state index contributed by atoms with van der Waals surface area (Å²) in [5, 5.41) is 12.9. The summed E-state index contributed by atoms with van der Waals surface area (Å²) in [6.07, 6.45) is 3.71. The van der Waals surface area contributed by atoms with Crippen molar-refractivity contribution in [2.75, 3.05) is 26.2 Å². The van der Waals surface area contributed by atoms with Crippen molar-refractivity contribution < 1.29 is 14.0 Å². The maximum Gasteiger partial charge on any atom is 0.254 e. The van der Waals surface area contributed by atoms with Gasteiger partial charge in [0.05, 0.1) is 17.7 Å². The molecule has 0 spiro atoms. The number of halogens is 1. The molecule has 138 valence electrons. The van der Waals surface area contributed by atoms with Crippen LogP contribution in [0.4, 0.5) is 4.39 Å². The Hall–Kier alpha value is -2.74. The van der Waals surface area contributed by atoms with Gasteiger partial charge < -0.3 is 16.0 Å². The van der Waals surface area contributed by atoms with Crippen molar-refractivity contribution in [2.24, 2.45) is 13.0 Å². The standard InChI is InChI=1S/C18H22FN5O2/c1-24-11-12(8-23-24)14-9-20-10-15(14)18(26)22-7-6-21-17(25)13-4-2-3-5-16(13)19/h2-5,8,11,14-15,20H,6-7,9-10H2,1H3,(H,21,25)(H,22,26)/t14-,15+/m1/s1. The second kappa shape index (κ2) is 8.09. The van der Waals surface area contributed by atoms with Crippen molar-refractivity contribution in [1.29, 1.82) is 0 Å². The van der Waals surface area contributed by atoms with E-state index in [1.807, 2.05) is 13.2 Å². The first-order valence-electron chi connectivity index (χ1n) is 8.56. The quantitative estimate of drug-likeness (QED) is 0.652. The molecule has 2 amide bonds. The number of benzene rings is 1. The zero-order chi connectivity index (χ0) is 18.5. The molecular formula is C18H22FN5O2. The van der Waals surface area contributed by atoms with Crippen molar-refractivity contribution in [3.8, 4) is 0 Å². The van der Waals surface area contributed by atoms with Crippen LogP contribution in [0.1, 0.15) is 21.8 Å². The van der Waals surface area contributed by atoms with Crippen LogP contribution in [0.15, 0.2) is 36.7 Å². The van der Waals surface area contributed by atoms with E-state index in [-0.39, 0.29) is 36.4 Å². The van der Waals surface area contributed by atoms with E-state index in [1.54, 1.807) is 16.9 Å². The summed E-state index contributed by atoms with van der Waals surface area (Å²) >= 11 is 0. The van der Waals surface area contributed by atoms with Crippen LogP contribution in [0.25, 0.3) is 0 Å². The van der Waals surface area contributed by atoms with Gasteiger partial charge in [-0.3, -0.25) is 14.3 Å². The van der Waals surface area contributed by atoms with E-state index in [0.29, 0.717) is 6.54 Å². The van der Waals surface area contributed by atoms with Crippen molar-refractivity contribution in [1.82, 2.24) is 25.7 Å². The Labute approximate surface area is 151 Å². The van der Waals surface area contributed by atoms with Crippen molar-refractivity contribution in [2.45, 2.75) is 5.92 Å². The Morgan fingerprint density at radius 1 is 1.27 bits per heavy atom. The smallest absolute Gasteiger partial charge is 0.254 e. The monoisotopic (exact) mass is 359 g/mol. The molecule has 1 aromatic heterocycles. The topological polar surface area (TPSA) is 88.0 Å². The molecule has 2 atom stereocenters. The van der Waals surface area contributed by atoms with Gasteiger partial charge in [-0.1, -0.05) is 12.1 Å². The lowest BCUT2D eigenvalue weighted by atomic mass is 9.90. The Balaban J connectivity index is 1.47. The molecule has 8 heteroatoms. The van der Waals surface area contributed by atoms with Gasteiger partial charge in [0.2, 0.25) is 5.91 Å². The maximum atomic E-state index is 13.5. The van der Waals surface area contributed by atoms with Crippen LogP contribution in [0.3, 0.4) is 0 Å². The van der Waals surface area contributed by atoms with Crippen LogP contribution >= 0.6 is 0 Å². The van der Waals surface area contributed by atoms with Gasteiger partial charge in [-0.15, -0.1) is 0 Å². The third kappa shape index (κ3) is 4.08. The second-order valence-electron chi connectivity index (χ2n) is 6.35. The Morgan fingerprint density at radius 2 is 2.04 bits per heavy atom. The van der Waals surface area contributed by atoms with Crippen LogP contribution in [0.5, 0.6) is 0 Å². The van der Waals surface area contributed by atoms with E-state index in [0.717, 1.165) is 12.1 Å². The highest BCUT2D eigenvalue weighted by molar-refractivity contribution is 5.94. The molecule has 1 fully saturated rings. The Kier molecular flexibility index (Phi) is 5.62. The van der Waals surface area contributed by atoms with Gasteiger partial charge >= 0.3 is 0 Å². The molecule has 0 bridgehead atoms. The SMILES string of the molecule is Cn1cc([C@H]2CNC[C@@H]2C(=O)NCCNC(=O)c2ccccc2F)cn1. The molecule has 1 aliphatic heterocycles. The van der Waals surface area contributed by atoms with Crippen LogP contribution in [0.2, 0.25) is 0 Å². The first kappa shape index (κ1) is 18.1. The zero-order valence-corrected chi connectivity index (χ0v) is 14.5. The van der Waals surface area contributed by atoms with Crippen LogP contribution in [-0.4, -0.2) is 47.8 Å². The van der Waals surface area contributed by atoms with Gasteiger partial charge in [-0.05, 0) is 17.7 Å². The number of aromatic nitrogens is 2. The first-order chi connectivity index (χ1) is 12.6. The van der Waals surface area contributed by atoms with Crippen LogP contribution in [-0.2, 0) is 11.8 Å². The average molecular weight is 359 g/mol. The summed E-state index contributed by atoms with van der Waals surface area (Å²) in [7, 11) is 1.85. The molecule has 3 rings (SSSR count). The summed E-state index contributed by atoms with van der Waals surface area (Å²) in [5.41, 5.74) is 1.03. The number of rotatable bonds is 6. The van der Waals surface area contributed by atoms with E-state index < -0.39 is 11.7 Å². The second-order valence-corrected chi connectivity index (χ2v) is 6.35. The number of amides is 2. The number of carbonyl (C=O) groups excluding carboxylic acids is 2. The number of nitrogens with zero attached hydrogens (tertiary/aromatic N) is 2. The van der Waals surface area contributed by atoms with E-state index in [9.17, 15) is 14.0 Å². The van der Waals surface area contributed by atoms with Gasteiger partial charge in [0, 0.05) is 45.3 Å². The minimum atomic E-state index is -0.564. The van der Waals surface area contributed by atoms with Gasteiger partial charge in [-0.2, -0.15) is 5.10 Å². The molecule has 2 heterocycles. The highest BCUT2D eigenvalue weighted by atomic mass is 19.1. The number of nitrogens with one attached hydrogen (secondary N) is 3. The third-order valence-corrected chi connectivity index (χ3v) is 4.53. The largest absolute Gasteiger partial charge is 0.354 e. The molecule has 1 saturated heterocycles. The fourth-order valence-corrected chi connectivity index (χ4v) is 3.17. The fraction of sp³-hybridized carbons (Fsp3) is 0.389. The summed E-state index contributed by atoms with van der Waals surface area (Å²) in [4.78, 5) is 24.4. The fourth-order valence-electron chi connectivity index (χ4n) is 3.17. The molecular weight excluding hydrogens is 337 g/mol. The lowest BCUT2D eigenvalue weighted by Gasteiger charge is -2.17. The molecule has 1 aromatic carbocycles. The van der Waals surface area contributed by atoms with Gasteiger partial charge in [-0.25, -0.2) is 4.39 Å². The van der Waals surface area contributed by atoms with E-state index in [1.165, 1.54) is 18.2 Å². The molecule has 0 unspecified atom stereocenters. The van der Waals surface area contributed by atoms with Crippen molar-refractivity contribution in [3.63, 3.8) is 0 Å². The average Bonchev–Trinajstić information content (AvgIpc) is 3.27. The lowest BCUT2D eigenvalue weighted by molar-refractivity contribution is -0.124. The number of hydrogen-bond acceptors (Lipinski definition) is 4. The third-order valence-electron chi connectivity index (χ3n) is 4.53. The van der Waals surface area contributed by atoms with Crippen molar-refractivity contribution in [3.05, 3.63) is 53.6 Å². The summed E-state index contributed by atoms with van der Waals surface area (Å²) in [6, 6.07) is 5.79. The summed E-state index contributed by atoms with van der Waals surface area (Å²) < 4.78 is 15.3. The normalized spacial score (nSPS) is 19.3. The molecule has 1 aliphatic rings. The first-order valence-corrected chi connectivity index (χ1v) is 8.56. The van der Waals surface area contributed by atoms with Gasteiger partial charge in [0.25, 0.3) is 5.91 Å². The van der Waals surface area contributed by atoms with Gasteiger partial charge in [0.1, 0.15) is 5.82 Å². The van der Waals surface area contributed by atoms with Crippen molar-refractivity contribution >= 4 is 11.8 Å². The van der Waals surface area contributed by atoms with E-state index in [2.05, 4.69) is 21.0 Å². The number of carbonyl (C=O) groups is 2. The summed E-state index contributed by atoms with van der Waals surface area (Å²) in [6.45, 7) is 1.85. The predicted octanol–water partition coefficient (Wildman–Crippen LogP) is 0.408. The maximum absolute atomic E-state index is 13.5. The van der Waals surface area contributed by atoms with E-state index in [4.69, 9.17) is 0 Å². The highest BCUT2D eigenvalue weighted by Gasteiger charge is 2.34. The summed E-state index contributed by atoms with van der Waals surface area (Å²) in [5.74, 6) is -1.22. The Bertz CT molecular complexity index is 791. The molecule has 26 heavy (non-hydrogen) atoms. The molecule has 0 saturated carbocycles. The minimum Gasteiger partial charge on any atom is -0.354 e. The zero-order valence-electron chi connectivity index (χ0n) is 14.5. The minimum absolute atomic E-state index is 0.00420.